The molecule has 0 aromatic carbocycles. The number of furan rings is 1. The van der Waals surface area contributed by atoms with Crippen LogP contribution >= 0.6 is 0 Å². The zero-order valence-corrected chi connectivity index (χ0v) is 5.66. The average molecular weight is 136 g/mol. The summed E-state index contributed by atoms with van der Waals surface area (Å²) < 4.78 is 4.96. The van der Waals surface area contributed by atoms with E-state index in [1.165, 1.54) is 6.26 Å². The predicted octanol–water partition coefficient (Wildman–Crippen LogP) is 1.11. The van der Waals surface area contributed by atoms with E-state index in [4.69, 9.17) is 15.4 Å². The lowest BCUT2D eigenvalue weighted by Crippen LogP contribution is -2.05. The SMILES string of the molecule is Cc1cc(C(N)C#N)co1. The first-order valence-electron chi connectivity index (χ1n) is 2.94. The molecule has 0 spiro atoms. The van der Waals surface area contributed by atoms with Crippen molar-refractivity contribution in [2.24, 2.45) is 5.73 Å². The van der Waals surface area contributed by atoms with Crippen molar-refractivity contribution in [3.8, 4) is 6.07 Å². The summed E-state index contributed by atoms with van der Waals surface area (Å²) >= 11 is 0. The van der Waals surface area contributed by atoms with Crippen molar-refractivity contribution in [3.63, 3.8) is 0 Å². The lowest BCUT2D eigenvalue weighted by molar-refractivity contribution is 0.531. The molecule has 0 saturated carbocycles. The van der Waals surface area contributed by atoms with Crippen molar-refractivity contribution in [1.29, 1.82) is 5.26 Å². The van der Waals surface area contributed by atoms with Crippen molar-refractivity contribution in [3.05, 3.63) is 23.7 Å². The summed E-state index contributed by atoms with van der Waals surface area (Å²) in [5, 5.41) is 8.38. The fourth-order valence-corrected chi connectivity index (χ4v) is 0.701. The van der Waals surface area contributed by atoms with Crippen molar-refractivity contribution < 1.29 is 4.42 Å². The summed E-state index contributed by atoms with van der Waals surface area (Å²) in [5.74, 6) is 0.778. The smallest absolute Gasteiger partial charge is 0.121 e. The summed E-state index contributed by atoms with van der Waals surface area (Å²) in [4.78, 5) is 0. The fourth-order valence-electron chi connectivity index (χ4n) is 0.701. The Morgan fingerprint density at radius 2 is 2.50 bits per heavy atom. The van der Waals surface area contributed by atoms with Gasteiger partial charge in [0.25, 0.3) is 0 Å². The van der Waals surface area contributed by atoms with Gasteiger partial charge in [-0.2, -0.15) is 5.26 Å². The van der Waals surface area contributed by atoms with Crippen LogP contribution in [0.1, 0.15) is 17.4 Å². The minimum Gasteiger partial charge on any atom is -0.469 e. The maximum absolute atomic E-state index is 8.38. The summed E-state index contributed by atoms with van der Waals surface area (Å²) in [6.07, 6.45) is 1.50. The normalized spacial score (nSPS) is 12.5. The molecule has 0 saturated heterocycles. The number of hydrogen-bond acceptors (Lipinski definition) is 3. The second-order valence-corrected chi connectivity index (χ2v) is 2.10. The fraction of sp³-hybridized carbons (Fsp3) is 0.286. The van der Waals surface area contributed by atoms with Gasteiger partial charge in [-0.25, -0.2) is 0 Å². The first kappa shape index (κ1) is 6.84. The molecule has 0 amide bonds. The van der Waals surface area contributed by atoms with E-state index in [1.54, 1.807) is 6.07 Å². The van der Waals surface area contributed by atoms with Gasteiger partial charge >= 0.3 is 0 Å². The van der Waals surface area contributed by atoms with E-state index in [2.05, 4.69) is 0 Å². The highest BCUT2D eigenvalue weighted by molar-refractivity contribution is 5.20. The van der Waals surface area contributed by atoms with Gasteiger partial charge in [-0.1, -0.05) is 0 Å². The minimum absolute atomic E-state index is 0.558. The van der Waals surface area contributed by atoms with Crippen molar-refractivity contribution >= 4 is 0 Å². The Bertz CT molecular complexity index is 259. The third-order valence-corrected chi connectivity index (χ3v) is 1.25. The van der Waals surface area contributed by atoms with Gasteiger partial charge in [0.1, 0.15) is 11.8 Å². The van der Waals surface area contributed by atoms with Gasteiger partial charge in [0.15, 0.2) is 0 Å². The van der Waals surface area contributed by atoms with E-state index in [0.717, 1.165) is 11.3 Å². The topological polar surface area (TPSA) is 63.0 Å². The molecule has 3 nitrogen and oxygen atoms in total. The lowest BCUT2D eigenvalue weighted by atomic mass is 10.2. The highest BCUT2D eigenvalue weighted by atomic mass is 16.3. The van der Waals surface area contributed by atoms with Gasteiger partial charge in [0, 0.05) is 5.56 Å². The minimum atomic E-state index is -0.558. The van der Waals surface area contributed by atoms with Crippen LogP contribution in [0.3, 0.4) is 0 Å². The number of aryl methyl sites for hydroxylation is 1. The maximum Gasteiger partial charge on any atom is 0.121 e. The third-order valence-electron chi connectivity index (χ3n) is 1.25. The Morgan fingerprint density at radius 1 is 1.80 bits per heavy atom. The molecule has 0 aliphatic rings. The Labute approximate surface area is 59.1 Å². The molecule has 0 aliphatic carbocycles. The van der Waals surface area contributed by atoms with Gasteiger partial charge < -0.3 is 10.2 Å². The molecule has 1 atom stereocenters. The maximum atomic E-state index is 8.38. The molecule has 0 fully saturated rings. The molecule has 2 N–H and O–H groups in total. The van der Waals surface area contributed by atoms with Crippen LogP contribution in [-0.2, 0) is 0 Å². The summed E-state index contributed by atoms with van der Waals surface area (Å²) in [6, 6.07) is 3.11. The van der Waals surface area contributed by atoms with Crippen molar-refractivity contribution in [2.45, 2.75) is 13.0 Å². The number of nitrogens with two attached hydrogens (primary N) is 1. The highest BCUT2D eigenvalue weighted by Crippen LogP contribution is 2.12. The predicted molar refractivity (Wildman–Crippen MR) is 36.0 cm³/mol. The van der Waals surface area contributed by atoms with Crippen LogP contribution in [-0.4, -0.2) is 0 Å². The van der Waals surface area contributed by atoms with Crippen molar-refractivity contribution in [2.75, 3.05) is 0 Å². The summed E-state index contributed by atoms with van der Waals surface area (Å²) in [5.41, 5.74) is 6.12. The van der Waals surface area contributed by atoms with Crippen LogP contribution in [0.2, 0.25) is 0 Å². The second-order valence-electron chi connectivity index (χ2n) is 2.10. The van der Waals surface area contributed by atoms with Crippen LogP contribution in [0.15, 0.2) is 16.7 Å². The third kappa shape index (κ3) is 1.17. The molecule has 1 rings (SSSR count). The molecule has 1 aromatic rings. The van der Waals surface area contributed by atoms with Crippen LogP contribution in [0, 0.1) is 18.3 Å². The van der Waals surface area contributed by atoms with Gasteiger partial charge in [-0.05, 0) is 13.0 Å². The van der Waals surface area contributed by atoms with Crippen LogP contribution in [0.25, 0.3) is 0 Å². The van der Waals surface area contributed by atoms with E-state index in [0.29, 0.717) is 0 Å². The molecule has 0 radical (unpaired) electrons. The van der Waals surface area contributed by atoms with Gasteiger partial charge in [0.2, 0.25) is 0 Å². The summed E-state index contributed by atoms with van der Waals surface area (Å²) in [7, 11) is 0. The molecule has 1 heterocycles. The van der Waals surface area contributed by atoms with E-state index < -0.39 is 6.04 Å². The largest absolute Gasteiger partial charge is 0.469 e. The van der Waals surface area contributed by atoms with Gasteiger partial charge in [-0.3, -0.25) is 0 Å². The van der Waals surface area contributed by atoms with E-state index >= 15 is 0 Å². The monoisotopic (exact) mass is 136 g/mol. The average Bonchev–Trinajstić information content (AvgIpc) is 2.34. The molecular weight excluding hydrogens is 128 g/mol. The Hall–Kier alpha value is -1.27. The highest BCUT2D eigenvalue weighted by Gasteiger charge is 2.05. The summed E-state index contributed by atoms with van der Waals surface area (Å²) in [6.45, 7) is 1.81. The molecule has 52 valence electrons. The molecular formula is C7H8N2O. The van der Waals surface area contributed by atoms with Crippen molar-refractivity contribution in [1.82, 2.24) is 0 Å². The van der Waals surface area contributed by atoms with E-state index in [-0.39, 0.29) is 0 Å². The number of hydrogen-bond donors (Lipinski definition) is 1. The number of nitriles is 1. The first-order chi connectivity index (χ1) is 4.74. The Balaban J connectivity index is 2.87. The second kappa shape index (κ2) is 2.54. The zero-order chi connectivity index (χ0) is 7.56. The Morgan fingerprint density at radius 3 is 2.90 bits per heavy atom. The quantitative estimate of drug-likeness (QED) is 0.629. The van der Waals surface area contributed by atoms with Gasteiger partial charge in [-0.15, -0.1) is 0 Å². The number of rotatable bonds is 1. The molecule has 0 bridgehead atoms. The van der Waals surface area contributed by atoms with E-state index in [9.17, 15) is 0 Å². The Kier molecular flexibility index (Phi) is 1.74. The molecule has 10 heavy (non-hydrogen) atoms. The first-order valence-corrected chi connectivity index (χ1v) is 2.94. The van der Waals surface area contributed by atoms with Crippen LogP contribution in [0.4, 0.5) is 0 Å². The number of nitrogens with zero attached hydrogens (tertiary/aromatic N) is 1. The molecule has 0 aliphatic heterocycles. The standard InChI is InChI=1S/C7H8N2O/c1-5-2-6(4-10-5)7(9)3-8/h2,4,7H,9H2,1H3. The van der Waals surface area contributed by atoms with Crippen LogP contribution < -0.4 is 5.73 Å². The zero-order valence-electron chi connectivity index (χ0n) is 5.66. The molecule has 1 unspecified atom stereocenters. The van der Waals surface area contributed by atoms with E-state index in [1.807, 2.05) is 13.0 Å². The van der Waals surface area contributed by atoms with Gasteiger partial charge in [0.05, 0.1) is 12.3 Å². The molecule has 3 heteroatoms. The lowest BCUT2D eigenvalue weighted by Gasteiger charge is -1.92. The molecule has 1 aromatic heterocycles. The van der Waals surface area contributed by atoms with Crippen LogP contribution in [0.5, 0.6) is 0 Å².